The van der Waals surface area contributed by atoms with Crippen molar-refractivity contribution in [3.63, 3.8) is 0 Å². The molecule has 1 aromatic carbocycles. The number of benzene rings is 1. The van der Waals surface area contributed by atoms with Crippen molar-refractivity contribution in [1.29, 1.82) is 0 Å². The number of alkyl halides is 1. The molecular weight excluding hydrogens is 227 g/mol. The van der Waals surface area contributed by atoms with E-state index in [2.05, 4.69) is 19.1 Å². The summed E-state index contributed by atoms with van der Waals surface area (Å²) in [6.07, 6.45) is 3.83. The lowest BCUT2D eigenvalue weighted by Gasteiger charge is -2.13. The molecule has 0 N–H and O–H groups in total. The Morgan fingerprint density at radius 3 is 2.67 bits per heavy atom. The summed E-state index contributed by atoms with van der Waals surface area (Å²) in [5.74, 6) is 2.32. The molecule has 2 rings (SSSR count). The van der Waals surface area contributed by atoms with Gasteiger partial charge in [-0.2, -0.15) is 0 Å². The van der Waals surface area contributed by atoms with Gasteiger partial charge in [-0.1, -0.05) is 23.7 Å². The fourth-order valence-electron chi connectivity index (χ4n) is 2.05. The van der Waals surface area contributed by atoms with Gasteiger partial charge in [-0.15, -0.1) is 11.6 Å². The van der Waals surface area contributed by atoms with E-state index in [4.69, 9.17) is 23.2 Å². The molecule has 15 heavy (non-hydrogen) atoms. The van der Waals surface area contributed by atoms with E-state index in [0.29, 0.717) is 5.92 Å². The Balaban J connectivity index is 2.05. The van der Waals surface area contributed by atoms with Gasteiger partial charge in [0.05, 0.1) is 0 Å². The van der Waals surface area contributed by atoms with Crippen molar-refractivity contribution in [2.45, 2.75) is 26.2 Å². The zero-order chi connectivity index (χ0) is 10.8. The summed E-state index contributed by atoms with van der Waals surface area (Å²) in [7, 11) is 0. The van der Waals surface area contributed by atoms with Gasteiger partial charge in [-0.05, 0) is 55.2 Å². The first-order chi connectivity index (χ1) is 7.20. The number of hydrogen-bond acceptors (Lipinski definition) is 0. The zero-order valence-electron chi connectivity index (χ0n) is 8.97. The average molecular weight is 243 g/mol. The summed E-state index contributed by atoms with van der Waals surface area (Å²) >= 11 is 12.0. The van der Waals surface area contributed by atoms with E-state index in [-0.39, 0.29) is 0 Å². The molecular formula is C13H16Cl2. The normalized spacial score (nSPS) is 17.8. The molecule has 0 spiro atoms. The maximum absolute atomic E-state index is 6.00. The highest BCUT2D eigenvalue weighted by atomic mass is 35.5. The van der Waals surface area contributed by atoms with Gasteiger partial charge in [-0.3, -0.25) is 0 Å². The zero-order valence-corrected chi connectivity index (χ0v) is 10.5. The lowest BCUT2D eigenvalue weighted by atomic mass is 9.96. The molecule has 0 saturated heterocycles. The van der Waals surface area contributed by atoms with Crippen LogP contribution < -0.4 is 0 Å². The topological polar surface area (TPSA) is 0 Å². The van der Waals surface area contributed by atoms with E-state index < -0.39 is 0 Å². The van der Waals surface area contributed by atoms with E-state index in [0.717, 1.165) is 23.2 Å². The molecule has 2 heteroatoms. The van der Waals surface area contributed by atoms with Crippen LogP contribution in [0.5, 0.6) is 0 Å². The molecule has 82 valence electrons. The van der Waals surface area contributed by atoms with Gasteiger partial charge in [0.1, 0.15) is 0 Å². The molecule has 1 saturated carbocycles. The SMILES string of the molecule is Cc1cc(CC(CCl)C2CC2)ccc1Cl. The fraction of sp³-hybridized carbons (Fsp3) is 0.538. The third kappa shape index (κ3) is 2.89. The van der Waals surface area contributed by atoms with E-state index in [1.165, 1.54) is 24.0 Å². The minimum absolute atomic E-state index is 0.659. The quantitative estimate of drug-likeness (QED) is 0.685. The van der Waals surface area contributed by atoms with E-state index >= 15 is 0 Å². The highest BCUT2D eigenvalue weighted by Gasteiger charge is 2.30. The summed E-state index contributed by atoms with van der Waals surface area (Å²) in [6, 6.07) is 6.30. The van der Waals surface area contributed by atoms with Crippen molar-refractivity contribution < 1.29 is 0 Å². The van der Waals surface area contributed by atoms with Crippen LogP contribution in [0.25, 0.3) is 0 Å². The Hall–Kier alpha value is -0.200. The maximum Gasteiger partial charge on any atom is 0.0435 e. The van der Waals surface area contributed by atoms with Gasteiger partial charge < -0.3 is 0 Å². The summed E-state index contributed by atoms with van der Waals surface area (Å²) in [5.41, 5.74) is 2.53. The Kier molecular flexibility index (Phi) is 3.58. The molecule has 0 aromatic heterocycles. The second kappa shape index (κ2) is 4.76. The third-order valence-corrected chi connectivity index (χ3v) is 4.03. The standard InChI is InChI=1S/C13H16Cl2/c1-9-6-10(2-5-13(9)15)7-12(8-14)11-3-4-11/h2,5-6,11-12H,3-4,7-8H2,1H3. The lowest BCUT2D eigenvalue weighted by Crippen LogP contribution is -2.08. The van der Waals surface area contributed by atoms with Crippen LogP contribution in [0.1, 0.15) is 24.0 Å². The van der Waals surface area contributed by atoms with Crippen LogP contribution >= 0.6 is 23.2 Å². The monoisotopic (exact) mass is 242 g/mol. The second-order valence-corrected chi connectivity index (χ2v) is 5.26. The first kappa shape index (κ1) is 11.3. The summed E-state index contributed by atoms with van der Waals surface area (Å²) in [4.78, 5) is 0. The van der Waals surface area contributed by atoms with Crippen LogP contribution in [-0.2, 0) is 6.42 Å². The molecule has 0 heterocycles. The molecule has 0 bridgehead atoms. The first-order valence-electron chi connectivity index (χ1n) is 5.51. The number of rotatable bonds is 4. The third-order valence-electron chi connectivity index (χ3n) is 3.21. The lowest BCUT2D eigenvalue weighted by molar-refractivity contribution is 0.513. The molecule has 1 unspecified atom stereocenters. The number of hydrogen-bond donors (Lipinski definition) is 0. The van der Waals surface area contributed by atoms with E-state index in [1.54, 1.807) is 0 Å². The highest BCUT2D eigenvalue weighted by Crippen LogP contribution is 2.39. The van der Waals surface area contributed by atoms with Gasteiger partial charge in [0.15, 0.2) is 0 Å². The van der Waals surface area contributed by atoms with Gasteiger partial charge in [-0.25, -0.2) is 0 Å². The summed E-state index contributed by atoms with van der Waals surface area (Å²) < 4.78 is 0. The molecule has 0 radical (unpaired) electrons. The summed E-state index contributed by atoms with van der Waals surface area (Å²) in [5, 5.41) is 0.854. The van der Waals surface area contributed by atoms with Crippen molar-refractivity contribution in [2.75, 3.05) is 5.88 Å². The molecule has 1 aliphatic carbocycles. The molecule has 1 aliphatic rings. The van der Waals surface area contributed by atoms with Crippen LogP contribution in [0.4, 0.5) is 0 Å². The molecule has 1 atom stereocenters. The molecule has 1 fully saturated rings. The van der Waals surface area contributed by atoms with Crippen LogP contribution in [0, 0.1) is 18.8 Å². The minimum atomic E-state index is 0.659. The second-order valence-electron chi connectivity index (χ2n) is 4.54. The molecule has 0 amide bonds. The van der Waals surface area contributed by atoms with Gasteiger partial charge >= 0.3 is 0 Å². The Morgan fingerprint density at radius 1 is 1.40 bits per heavy atom. The smallest absolute Gasteiger partial charge is 0.0435 e. The predicted molar refractivity (Wildman–Crippen MR) is 66.8 cm³/mol. The maximum atomic E-state index is 6.00. The average Bonchev–Trinajstić information content (AvgIpc) is 3.03. The first-order valence-corrected chi connectivity index (χ1v) is 6.43. The summed E-state index contributed by atoms with van der Waals surface area (Å²) in [6.45, 7) is 2.05. The predicted octanol–water partition coefficient (Wildman–Crippen LogP) is 4.46. The molecule has 0 aliphatic heterocycles. The molecule has 1 aromatic rings. The van der Waals surface area contributed by atoms with Gasteiger partial charge in [0, 0.05) is 10.9 Å². The van der Waals surface area contributed by atoms with Crippen molar-refractivity contribution in [3.8, 4) is 0 Å². The van der Waals surface area contributed by atoms with Crippen molar-refractivity contribution in [1.82, 2.24) is 0 Å². The largest absolute Gasteiger partial charge is 0.126 e. The van der Waals surface area contributed by atoms with Crippen molar-refractivity contribution in [2.24, 2.45) is 11.8 Å². The van der Waals surface area contributed by atoms with E-state index in [9.17, 15) is 0 Å². The highest BCUT2D eigenvalue weighted by molar-refractivity contribution is 6.31. The Bertz CT molecular complexity index is 342. The Morgan fingerprint density at radius 2 is 2.13 bits per heavy atom. The van der Waals surface area contributed by atoms with Crippen LogP contribution in [0.3, 0.4) is 0 Å². The Labute approximate surface area is 102 Å². The van der Waals surface area contributed by atoms with Crippen molar-refractivity contribution in [3.05, 3.63) is 34.3 Å². The number of aryl methyl sites for hydroxylation is 1. The van der Waals surface area contributed by atoms with Gasteiger partial charge in [0.2, 0.25) is 0 Å². The van der Waals surface area contributed by atoms with Crippen molar-refractivity contribution >= 4 is 23.2 Å². The molecule has 0 nitrogen and oxygen atoms in total. The van der Waals surface area contributed by atoms with E-state index in [1.807, 2.05) is 6.07 Å². The van der Waals surface area contributed by atoms with Crippen LogP contribution in [0.2, 0.25) is 5.02 Å². The van der Waals surface area contributed by atoms with Crippen LogP contribution in [-0.4, -0.2) is 5.88 Å². The number of halogens is 2. The van der Waals surface area contributed by atoms with Crippen LogP contribution in [0.15, 0.2) is 18.2 Å². The fourth-order valence-corrected chi connectivity index (χ4v) is 2.53. The van der Waals surface area contributed by atoms with Gasteiger partial charge in [0.25, 0.3) is 0 Å². The minimum Gasteiger partial charge on any atom is -0.126 e.